The third kappa shape index (κ3) is 3.51. The van der Waals surface area contributed by atoms with Crippen molar-refractivity contribution in [1.82, 2.24) is 9.21 Å². The molecule has 0 N–H and O–H groups in total. The van der Waals surface area contributed by atoms with E-state index < -0.39 is 10.0 Å². The van der Waals surface area contributed by atoms with Crippen LogP contribution >= 0.6 is 11.3 Å². The van der Waals surface area contributed by atoms with Crippen LogP contribution in [0.25, 0.3) is 0 Å². The van der Waals surface area contributed by atoms with Gasteiger partial charge in [-0.3, -0.25) is 4.79 Å². The van der Waals surface area contributed by atoms with Gasteiger partial charge < -0.3 is 4.90 Å². The van der Waals surface area contributed by atoms with E-state index in [1.165, 1.54) is 14.7 Å². The monoisotopic (exact) mass is 418 g/mol. The van der Waals surface area contributed by atoms with Gasteiger partial charge in [0, 0.05) is 30.4 Å². The third-order valence-corrected chi connectivity index (χ3v) is 8.86. The van der Waals surface area contributed by atoms with Gasteiger partial charge in [-0.2, -0.15) is 4.31 Å². The molecule has 1 unspecified atom stereocenters. The molecule has 2 aromatic rings. The van der Waals surface area contributed by atoms with Gasteiger partial charge in [-0.05, 0) is 54.8 Å². The molecule has 7 heteroatoms. The predicted octanol–water partition coefficient (Wildman–Crippen LogP) is 3.68. The van der Waals surface area contributed by atoms with Crippen molar-refractivity contribution < 1.29 is 13.2 Å². The maximum Gasteiger partial charge on any atom is 0.243 e. The fourth-order valence-corrected chi connectivity index (χ4v) is 6.84. The van der Waals surface area contributed by atoms with Crippen molar-refractivity contribution in [2.45, 2.75) is 43.5 Å². The van der Waals surface area contributed by atoms with Crippen molar-refractivity contribution >= 4 is 27.3 Å². The fourth-order valence-electron chi connectivity index (χ4n) is 4.42. The summed E-state index contributed by atoms with van der Waals surface area (Å²) in [7, 11) is -3.47. The molecular weight excluding hydrogens is 392 g/mol. The summed E-state index contributed by atoms with van der Waals surface area (Å²) < 4.78 is 27.1. The van der Waals surface area contributed by atoms with E-state index in [0.29, 0.717) is 30.8 Å². The number of fused-ring (bicyclic) bond motifs is 1. The predicted molar refractivity (Wildman–Crippen MR) is 111 cm³/mol. The van der Waals surface area contributed by atoms with E-state index in [4.69, 9.17) is 0 Å². The van der Waals surface area contributed by atoms with Gasteiger partial charge in [0.1, 0.15) is 0 Å². The minimum atomic E-state index is -3.47. The normalized spacial score (nSPS) is 21.5. The molecule has 5 nitrogen and oxygen atoms in total. The number of nitrogens with zero attached hydrogens (tertiary/aromatic N) is 2. The van der Waals surface area contributed by atoms with Gasteiger partial charge >= 0.3 is 0 Å². The molecule has 4 rings (SSSR count). The topological polar surface area (TPSA) is 57.7 Å². The fraction of sp³-hybridized carbons (Fsp3) is 0.476. The Morgan fingerprint density at radius 3 is 2.50 bits per heavy atom. The molecule has 28 heavy (non-hydrogen) atoms. The highest BCUT2D eigenvalue weighted by atomic mass is 32.2. The summed E-state index contributed by atoms with van der Waals surface area (Å²) in [6.07, 6.45) is 3.02. The molecule has 0 bridgehead atoms. The molecule has 3 heterocycles. The summed E-state index contributed by atoms with van der Waals surface area (Å²) in [5, 5.41) is 2.12. The van der Waals surface area contributed by atoms with Gasteiger partial charge in [-0.15, -0.1) is 11.3 Å². The Kier molecular flexibility index (Phi) is 5.58. The first-order valence-corrected chi connectivity index (χ1v) is 12.3. The maximum absolute atomic E-state index is 13.2. The molecule has 150 valence electrons. The van der Waals surface area contributed by atoms with Gasteiger partial charge in [-0.1, -0.05) is 25.1 Å². The average molecular weight is 419 g/mol. The molecule has 2 aliphatic rings. The van der Waals surface area contributed by atoms with Gasteiger partial charge in [0.05, 0.1) is 10.9 Å². The van der Waals surface area contributed by atoms with Crippen LogP contribution in [-0.2, 0) is 21.2 Å². The lowest BCUT2D eigenvalue weighted by molar-refractivity contribution is -0.139. The quantitative estimate of drug-likeness (QED) is 0.761. The second-order valence-electron chi connectivity index (χ2n) is 7.50. The Morgan fingerprint density at radius 1 is 1.11 bits per heavy atom. The number of sulfonamides is 1. The Hall–Kier alpha value is -1.70. The van der Waals surface area contributed by atoms with E-state index in [1.54, 1.807) is 35.6 Å². The molecule has 0 aliphatic carbocycles. The lowest BCUT2D eigenvalue weighted by atomic mass is 9.92. The van der Waals surface area contributed by atoms with Gasteiger partial charge in [0.2, 0.25) is 15.9 Å². The lowest BCUT2D eigenvalue weighted by Crippen LogP contribution is -2.47. The summed E-state index contributed by atoms with van der Waals surface area (Å²) in [6, 6.07) is 10.9. The molecular formula is C21H26N2O3S2. The van der Waals surface area contributed by atoms with Crippen LogP contribution < -0.4 is 0 Å². The molecule has 0 saturated carbocycles. The van der Waals surface area contributed by atoms with Crippen LogP contribution in [-0.4, -0.2) is 43.2 Å². The lowest BCUT2D eigenvalue weighted by Gasteiger charge is -2.39. The number of carbonyl (C=O) groups is 1. The second kappa shape index (κ2) is 7.97. The highest BCUT2D eigenvalue weighted by Gasteiger charge is 2.37. The number of benzene rings is 1. The van der Waals surface area contributed by atoms with Gasteiger partial charge in [0.15, 0.2) is 0 Å². The number of piperidine rings is 1. The summed E-state index contributed by atoms with van der Waals surface area (Å²) in [5.74, 6) is 0.108. The number of thiophene rings is 1. The number of rotatable bonds is 4. The summed E-state index contributed by atoms with van der Waals surface area (Å²) >= 11 is 1.78. The zero-order valence-electron chi connectivity index (χ0n) is 16.1. The molecule has 1 fully saturated rings. The average Bonchev–Trinajstić information content (AvgIpc) is 3.22. The zero-order chi connectivity index (χ0) is 19.7. The molecule has 1 aromatic carbocycles. The summed E-state index contributed by atoms with van der Waals surface area (Å²) in [5.41, 5.74) is 1.30. The standard InChI is InChI=1S/C21H26N2O3S2/c1-2-19-18-11-15-27-20(18)10-14-23(19)21(24)16-8-12-22(13-9-16)28(25,26)17-6-4-3-5-7-17/h3-7,11,15-16,19H,2,8-10,12-14H2,1H3. The van der Waals surface area contributed by atoms with Crippen LogP contribution in [0.4, 0.5) is 0 Å². The van der Waals surface area contributed by atoms with E-state index >= 15 is 0 Å². The van der Waals surface area contributed by atoms with E-state index in [-0.39, 0.29) is 17.9 Å². The summed E-state index contributed by atoms with van der Waals surface area (Å²) in [6.45, 7) is 3.71. The first-order valence-electron chi connectivity index (χ1n) is 9.94. The Labute approximate surface area is 171 Å². The van der Waals surface area contributed by atoms with Gasteiger partial charge in [0.25, 0.3) is 0 Å². The van der Waals surface area contributed by atoms with Crippen LogP contribution in [0.1, 0.15) is 42.7 Å². The van der Waals surface area contributed by atoms with Crippen LogP contribution in [0.5, 0.6) is 0 Å². The molecule has 1 amide bonds. The number of carbonyl (C=O) groups excluding carboxylic acids is 1. The van der Waals surface area contributed by atoms with E-state index in [1.807, 2.05) is 11.0 Å². The second-order valence-corrected chi connectivity index (χ2v) is 10.4. The zero-order valence-corrected chi connectivity index (χ0v) is 17.7. The van der Waals surface area contributed by atoms with E-state index in [2.05, 4.69) is 18.4 Å². The van der Waals surface area contributed by atoms with Crippen LogP contribution in [0, 0.1) is 5.92 Å². The van der Waals surface area contributed by atoms with E-state index in [0.717, 1.165) is 19.4 Å². The molecule has 2 aliphatic heterocycles. The van der Waals surface area contributed by atoms with Crippen LogP contribution in [0.2, 0.25) is 0 Å². The Balaban J connectivity index is 1.43. The highest BCUT2D eigenvalue weighted by molar-refractivity contribution is 7.89. The smallest absolute Gasteiger partial charge is 0.243 e. The van der Waals surface area contributed by atoms with Crippen molar-refractivity contribution in [3.63, 3.8) is 0 Å². The van der Waals surface area contributed by atoms with E-state index in [9.17, 15) is 13.2 Å². The minimum absolute atomic E-state index is 0.0866. The van der Waals surface area contributed by atoms with Crippen molar-refractivity contribution in [2.75, 3.05) is 19.6 Å². The molecule has 1 saturated heterocycles. The SMILES string of the molecule is CCC1c2ccsc2CCN1C(=O)C1CCN(S(=O)(=O)c2ccccc2)CC1. The largest absolute Gasteiger partial charge is 0.335 e. The third-order valence-electron chi connectivity index (χ3n) is 5.95. The molecule has 0 radical (unpaired) electrons. The van der Waals surface area contributed by atoms with Crippen molar-refractivity contribution in [3.05, 3.63) is 52.2 Å². The van der Waals surface area contributed by atoms with Crippen molar-refractivity contribution in [3.8, 4) is 0 Å². The minimum Gasteiger partial charge on any atom is -0.335 e. The molecule has 1 aromatic heterocycles. The molecule has 1 atom stereocenters. The van der Waals surface area contributed by atoms with Crippen molar-refractivity contribution in [1.29, 1.82) is 0 Å². The molecule has 0 spiro atoms. The number of hydrogen-bond donors (Lipinski definition) is 0. The van der Waals surface area contributed by atoms with Crippen LogP contribution in [0.15, 0.2) is 46.7 Å². The first kappa shape index (κ1) is 19.6. The maximum atomic E-state index is 13.2. The van der Waals surface area contributed by atoms with Crippen LogP contribution in [0.3, 0.4) is 0 Å². The first-order chi connectivity index (χ1) is 13.5. The number of amides is 1. The Bertz CT molecular complexity index is 932. The Morgan fingerprint density at radius 2 is 1.82 bits per heavy atom. The number of hydrogen-bond acceptors (Lipinski definition) is 4. The van der Waals surface area contributed by atoms with Crippen molar-refractivity contribution in [2.24, 2.45) is 5.92 Å². The van der Waals surface area contributed by atoms with Gasteiger partial charge in [-0.25, -0.2) is 8.42 Å². The summed E-state index contributed by atoms with van der Waals surface area (Å²) in [4.78, 5) is 17.0. The highest BCUT2D eigenvalue weighted by Crippen LogP contribution is 2.37.